The molecule has 1 atom stereocenters. The van der Waals surface area contributed by atoms with Gasteiger partial charge in [0.15, 0.2) is 0 Å². The number of nitrogens with one attached hydrogen (secondary N) is 1. The van der Waals surface area contributed by atoms with Crippen LogP contribution in [0.1, 0.15) is 22.5 Å². The molecular weight excluding hydrogens is 355 g/mol. The maximum absolute atomic E-state index is 13.2. The van der Waals surface area contributed by atoms with Gasteiger partial charge in [0.2, 0.25) is 0 Å². The molecule has 3 aromatic heterocycles. The van der Waals surface area contributed by atoms with Crippen LogP contribution in [-0.4, -0.2) is 45.1 Å². The number of anilines is 1. The van der Waals surface area contributed by atoms with Crippen LogP contribution in [0.5, 0.6) is 0 Å². The highest BCUT2D eigenvalue weighted by molar-refractivity contribution is 7.22. The second-order valence-corrected chi connectivity index (χ2v) is 7.32. The minimum Gasteiger partial charge on any atom is -0.391 e. The number of β-amino-alcohol motifs (C(OH)–C–C–N with tert-alkyl or cyclic N) is 1. The first kappa shape index (κ1) is 16.9. The fraction of sp³-hybridized carbons (Fsp3) is 0.278. The number of carbonyl (C=O) groups is 1. The Morgan fingerprint density at radius 3 is 3.08 bits per heavy atom. The molecule has 8 heteroatoms. The Hall–Kier alpha value is -2.58. The van der Waals surface area contributed by atoms with E-state index in [0.717, 1.165) is 20.7 Å². The van der Waals surface area contributed by atoms with E-state index >= 15 is 0 Å². The van der Waals surface area contributed by atoms with E-state index in [9.17, 15) is 14.3 Å². The smallest absolute Gasteiger partial charge is 0.273 e. The third-order valence-corrected chi connectivity index (χ3v) is 5.38. The lowest BCUT2D eigenvalue weighted by molar-refractivity contribution is 0.0761. The number of hydrogen-bond acceptors (Lipinski definition) is 6. The zero-order chi connectivity index (χ0) is 18.1. The highest BCUT2D eigenvalue weighted by atomic mass is 32.1. The second kappa shape index (κ2) is 6.97. The first-order valence-corrected chi connectivity index (χ1v) is 9.11. The Morgan fingerprint density at radius 2 is 2.31 bits per heavy atom. The van der Waals surface area contributed by atoms with Crippen molar-refractivity contribution < 1.29 is 14.3 Å². The molecule has 134 valence electrons. The number of likely N-dealkylation sites (tertiary alicyclic amines) is 1. The minimum atomic E-state index is -0.460. The molecule has 0 spiro atoms. The highest BCUT2D eigenvalue weighted by Crippen LogP contribution is 2.32. The molecule has 0 saturated carbocycles. The maximum atomic E-state index is 13.2. The first-order valence-electron chi connectivity index (χ1n) is 8.29. The minimum absolute atomic E-state index is 0.161. The van der Waals surface area contributed by atoms with Gasteiger partial charge in [0.25, 0.3) is 5.91 Å². The fourth-order valence-electron chi connectivity index (χ4n) is 3.04. The number of thiophene rings is 1. The summed E-state index contributed by atoms with van der Waals surface area (Å²) in [6, 6.07) is 5.19. The van der Waals surface area contributed by atoms with Crippen LogP contribution in [-0.2, 0) is 6.54 Å². The van der Waals surface area contributed by atoms with Crippen LogP contribution < -0.4 is 5.32 Å². The molecule has 1 fully saturated rings. The number of aliphatic hydroxyl groups excluding tert-OH is 1. The third kappa shape index (κ3) is 3.38. The van der Waals surface area contributed by atoms with Gasteiger partial charge in [-0.2, -0.15) is 0 Å². The molecule has 1 amide bonds. The molecule has 4 rings (SSSR count). The number of rotatable bonds is 4. The van der Waals surface area contributed by atoms with E-state index < -0.39 is 6.10 Å². The van der Waals surface area contributed by atoms with Gasteiger partial charge in [0.05, 0.1) is 17.3 Å². The van der Waals surface area contributed by atoms with E-state index in [1.54, 1.807) is 17.3 Å². The Kier molecular flexibility index (Phi) is 4.52. The van der Waals surface area contributed by atoms with Crippen molar-refractivity contribution in [2.45, 2.75) is 19.1 Å². The number of aromatic nitrogens is 2. The van der Waals surface area contributed by atoms with Crippen molar-refractivity contribution in [1.29, 1.82) is 0 Å². The molecule has 0 radical (unpaired) electrons. The van der Waals surface area contributed by atoms with Gasteiger partial charge in [-0.25, -0.2) is 4.39 Å². The van der Waals surface area contributed by atoms with E-state index in [4.69, 9.17) is 0 Å². The van der Waals surface area contributed by atoms with Crippen LogP contribution in [0.2, 0.25) is 0 Å². The number of aliphatic hydroxyl groups is 1. The van der Waals surface area contributed by atoms with Gasteiger partial charge >= 0.3 is 0 Å². The van der Waals surface area contributed by atoms with Crippen molar-refractivity contribution in [3.05, 3.63) is 53.9 Å². The van der Waals surface area contributed by atoms with Gasteiger partial charge in [-0.05, 0) is 30.2 Å². The molecule has 0 unspecified atom stereocenters. The van der Waals surface area contributed by atoms with Gasteiger partial charge < -0.3 is 15.3 Å². The molecule has 3 aromatic rings. The molecule has 1 saturated heterocycles. The average Bonchev–Trinajstić information content (AvgIpc) is 3.25. The van der Waals surface area contributed by atoms with Crippen molar-refractivity contribution in [3.8, 4) is 0 Å². The van der Waals surface area contributed by atoms with E-state index in [1.807, 2.05) is 12.1 Å². The summed E-state index contributed by atoms with van der Waals surface area (Å²) in [5.41, 5.74) is 1.14. The summed E-state index contributed by atoms with van der Waals surface area (Å²) in [6.07, 6.45) is 4.54. The van der Waals surface area contributed by atoms with Crippen molar-refractivity contribution >= 4 is 32.3 Å². The highest BCUT2D eigenvalue weighted by Gasteiger charge is 2.27. The molecule has 1 aliphatic heterocycles. The fourth-order valence-corrected chi connectivity index (χ4v) is 3.99. The van der Waals surface area contributed by atoms with Crippen LogP contribution in [0.15, 0.2) is 36.8 Å². The number of hydrogen-bond donors (Lipinski definition) is 2. The Labute approximate surface area is 153 Å². The predicted octanol–water partition coefficient (Wildman–Crippen LogP) is 2.65. The summed E-state index contributed by atoms with van der Waals surface area (Å²) in [4.78, 5) is 22.5. The van der Waals surface area contributed by atoms with Crippen LogP contribution in [0, 0.1) is 5.82 Å². The molecule has 0 aliphatic carbocycles. The Morgan fingerprint density at radius 1 is 1.42 bits per heavy atom. The summed E-state index contributed by atoms with van der Waals surface area (Å²) in [5, 5.41) is 14.5. The van der Waals surface area contributed by atoms with E-state index in [0.29, 0.717) is 31.7 Å². The summed E-state index contributed by atoms with van der Waals surface area (Å²) in [6.45, 7) is 1.32. The van der Waals surface area contributed by atoms with Crippen LogP contribution >= 0.6 is 11.3 Å². The lowest BCUT2D eigenvalue weighted by Crippen LogP contribution is -2.30. The topological polar surface area (TPSA) is 78.4 Å². The predicted molar refractivity (Wildman–Crippen MR) is 97.7 cm³/mol. The maximum Gasteiger partial charge on any atom is 0.273 e. The summed E-state index contributed by atoms with van der Waals surface area (Å²) in [7, 11) is 0. The van der Waals surface area contributed by atoms with Crippen LogP contribution in [0.4, 0.5) is 9.39 Å². The van der Waals surface area contributed by atoms with E-state index in [-0.39, 0.29) is 11.7 Å². The largest absolute Gasteiger partial charge is 0.391 e. The van der Waals surface area contributed by atoms with Crippen molar-refractivity contribution in [2.75, 3.05) is 18.4 Å². The molecular formula is C18H17FN4O2S. The quantitative estimate of drug-likeness (QED) is 0.736. The third-order valence-electron chi connectivity index (χ3n) is 4.33. The van der Waals surface area contributed by atoms with Gasteiger partial charge in [-0.1, -0.05) is 0 Å². The Balaban J connectivity index is 1.56. The van der Waals surface area contributed by atoms with Gasteiger partial charge in [0.1, 0.15) is 11.5 Å². The molecule has 0 aromatic carbocycles. The van der Waals surface area contributed by atoms with Crippen molar-refractivity contribution in [2.24, 2.45) is 0 Å². The van der Waals surface area contributed by atoms with Crippen LogP contribution in [0.3, 0.4) is 0 Å². The Bertz CT molecular complexity index is 961. The lowest BCUT2D eigenvalue weighted by Gasteiger charge is -2.15. The summed E-state index contributed by atoms with van der Waals surface area (Å²) in [5.74, 6) is -0.531. The van der Waals surface area contributed by atoms with Gasteiger partial charge in [-0.15, -0.1) is 11.3 Å². The monoisotopic (exact) mass is 372 g/mol. The summed E-state index contributed by atoms with van der Waals surface area (Å²) >= 11 is 1.51. The van der Waals surface area contributed by atoms with Gasteiger partial charge in [-0.3, -0.25) is 14.8 Å². The molecule has 26 heavy (non-hydrogen) atoms. The van der Waals surface area contributed by atoms with Crippen LogP contribution in [0.25, 0.3) is 10.1 Å². The van der Waals surface area contributed by atoms with E-state index in [1.165, 1.54) is 23.6 Å². The van der Waals surface area contributed by atoms with E-state index in [2.05, 4.69) is 15.3 Å². The first-order chi connectivity index (χ1) is 12.6. The van der Waals surface area contributed by atoms with Crippen molar-refractivity contribution in [1.82, 2.24) is 14.9 Å². The normalized spacial score (nSPS) is 17.0. The number of fused-ring (bicyclic) bond motifs is 1. The SMILES string of the molecule is O=C(c1nccc2sc(NCc3cncc(F)c3)cc12)N1CC[C@@H](O)C1. The zero-order valence-corrected chi connectivity index (χ0v) is 14.7. The standard InChI is InChI=1S/C18H17FN4O2S/c19-12-5-11(7-20-9-12)8-22-16-6-14-15(26-16)1-3-21-17(14)18(25)23-4-2-13(24)10-23/h1,3,5-7,9,13,22,24H,2,4,8,10H2/t13-/m1/s1. The molecule has 6 nitrogen and oxygen atoms in total. The van der Waals surface area contributed by atoms with Gasteiger partial charge in [0, 0.05) is 42.1 Å². The summed E-state index contributed by atoms with van der Waals surface area (Å²) < 4.78 is 14.2. The zero-order valence-electron chi connectivity index (χ0n) is 13.9. The number of pyridine rings is 2. The second-order valence-electron chi connectivity index (χ2n) is 6.24. The number of halogens is 1. The molecule has 2 N–H and O–H groups in total. The number of amides is 1. The molecule has 0 bridgehead atoms. The number of nitrogens with zero attached hydrogens (tertiary/aromatic N) is 3. The molecule has 1 aliphatic rings. The van der Waals surface area contributed by atoms with Crippen molar-refractivity contribution in [3.63, 3.8) is 0 Å². The molecule has 4 heterocycles. The number of carbonyl (C=O) groups excluding carboxylic acids is 1. The lowest BCUT2D eigenvalue weighted by atomic mass is 10.2. The average molecular weight is 372 g/mol.